The standard InChI is InChI=1S/C17H35N3O/c1-5-9-18-17(13-21)8-6-7-15(10-17)20-11-14(2)16(12-20)19(3)4/h14-16,18,21H,5-13H2,1-4H3. The monoisotopic (exact) mass is 297 g/mol. The molecule has 0 aromatic rings. The van der Waals surface area contributed by atoms with Gasteiger partial charge in [0, 0.05) is 30.7 Å². The summed E-state index contributed by atoms with van der Waals surface area (Å²) in [6.07, 6.45) is 5.90. The molecule has 0 spiro atoms. The van der Waals surface area contributed by atoms with Crippen LogP contribution < -0.4 is 5.32 Å². The van der Waals surface area contributed by atoms with E-state index in [1.165, 1.54) is 25.9 Å². The third-order valence-corrected chi connectivity index (χ3v) is 5.65. The van der Waals surface area contributed by atoms with E-state index >= 15 is 0 Å². The quantitative estimate of drug-likeness (QED) is 0.780. The van der Waals surface area contributed by atoms with Gasteiger partial charge in [0.15, 0.2) is 0 Å². The molecule has 124 valence electrons. The molecular weight excluding hydrogens is 262 g/mol. The van der Waals surface area contributed by atoms with E-state index in [0.717, 1.165) is 31.7 Å². The van der Waals surface area contributed by atoms with Crippen LogP contribution in [0.5, 0.6) is 0 Å². The second kappa shape index (κ2) is 7.40. The summed E-state index contributed by atoms with van der Waals surface area (Å²) < 4.78 is 0. The van der Waals surface area contributed by atoms with Gasteiger partial charge in [-0.3, -0.25) is 4.90 Å². The van der Waals surface area contributed by atoms with Crippen LogP contribution in [0.1, 0.15) is 46.0 Å². The number of hydrogen-bond acceptors (Lipinski definition) is 4. The van der Waals surface area contributed by atoms with E-state index in [1.54, 1.807) is 0 Å². The molecule has 1 saturated heterocycles. The fraction of sp³-hybridized carbons (Fsp3) is 1.00. The Morgan fingerprint density at radius 1 is 1.33 bits per heavy atom. The SMILES string of the molecule is CCCNC1(CO)CCCC(N2CC(C)C(N(C)C)C2)C1. The zero-order valence-electron chi connectivity index (χ0n) is 14.4. The van der Waals surface area contributed by atoms with Crippen molar-refractivity contribution in [2.45, 2.75) is 63.6 Å². The van der Waals surface area contributed by atoms with E-state index in [-0.39, 0.29) is 12.1 Å². The summed E-state index contributed by atoms with van der Waals surface area (Å²) in [5.41, 5.74) is -0.0294. The Balaban J connectivity index is 1.97. The average molecular weight is 297 g/mol. The maximum Gasteiger partial charge on any atom is 0.0613 e. The van der Waals surface area contributed by atoms with E-state index in [2.05, 4.69) is 43.1 Å². The van der Waals surface area contributed by atoms with Crippen LogP contribution in [0, 0.1) is 5.92 Å². The first-order chi connectivity index (χ1) is 10.0. The lowest BCUT2D eigenvalue weighted by atomic mass is 9.78. The highest BCUT2D eigenvalue weighted by molar-refractivity contribution is 4.99. The molecule has 4 heteroatoms. The molecule has 2 aliphatic rings. The van der Waals surface area contributed by atoms with Crippen LogP contribution in [0.2, 0.25) is 0 Å². The minimum absolute atomic E-state index is 0.0294. The first-order valence-corrected chi connectivity index (χ1v) is 8.77. The highest BCUT2D eigenvalue weighted by Gasteiger charge is 2.41. The Morgan fingerprint density at radius 3 is 2.67 bits per heavy atom. The number of likely N-dealkylation sites (N-methyl/N-ethyl adjacent to an activating group) is 1. The molecule has 2 fully saturated rings. The molecule has 4 atom stereocenters. The molecular formula is C17H35N3O. The number of nitrogens with one attached hydrogen (secondary N) is 1. The predicted molar refractivity (Wildman–Crippen MR) is 88.6 cm³/mol. The van der Waals surface area contributed by atoms with E-state index < -0.39 is 0 Å². The first-order valence-electron chi connectivity index (χ1n) is 8.77. The molecule has 4 nitrogen and oxygen atoms in total. The van der Waals surface area contributed by atoms with Gasteiger partial charge in [-0.1, -0.05) is 13.8 Å². The summed E-state index contributed by atoms with van der Waals surface area (Å²) in [7, 11) is 4.40. The molecule has 0 aromatic heterocycles. The summed E-state index contributed by atoms with van der Waals surface area (Å²) >= 11 is 0. The Morgan fingerprint density at radius 2 is 2.10 bits per heavy atom. The van der Waals surface area contributed by atoms with Crippen molar-refractivity contribution < 1.29 is 5.11 Å². The summed E-state index contributed by atoms with van der Waals surface area (Å²) in [4.78, 5) is 5.06. The lowest BCUT2D eigenvalue weighted by molar-refractivity contribution is 0.0661. The minimum atomic E-state index is -0.0294. The van der Waals surface area contributed by atoms with Gasteiger partial charge < -0.3 is 15.3 Å². The van der Waals surface area contributed by atoms with E-state index in [4.69, 9.17) is 0 Å². The van der Waals surface area contributed by atoms with Crippen LogP contribution >= 0.6 is 0 Å². The van der Waals surface area contributed by atoms with Crippen molar-refractivity contribution >= 4 is 0 Å². The Labute approximate surface area is 130 Å². The summed E-state index contributed by atoms with van der Waals surface area (Å²) in [6.45, 7) is 8.27. The van der Waals surface area contributed by atoms with Gasteiger partial charge in [-0.15, -0.1) is 0 Å². The molecule has 2 rings (SSSR count). The van der Waals surface area contributed by atoms with Crippen LogP contribution in [0.15, 0.2) is 0 Å². The topological polar surface area (TPSA) is 38.7 Å². The van der Waals surface area contributed by atoms with E-state index in [9.17, 15) is 5.11 Å². The molecule has 0 aromatic carbocycles. The molecule has 1 saturated carbocycles. The summed E-state index contributed by atoms with van der Waals surface area (Å²) in [5.74, 6) is 0.744. The Bertz CT molecular complexity index is 323. The van der Waals surface area contributed by atoms with E-state index in [0.29, 0.717) is 12.1 Å². The van der Waals surface area contributed by atoms with Crippen molar-refractivity contribution in [2.75, 3.05) is 40.3 Å². The molecule has 1 aliphatic heterocycles. The highest BCUT2D eigenvalue weighted by Crippen LogP contribution is 2.34. The molecule has 1 aliphatic carbocycles. The summed E-state index contributed by atoms with van der Waals surface area (Å²) in [5, 5.41) is 13.6. The van der Waals surface area contributed by atoms with Crippen molar-refractivity contribution in [3.05, 3.63) is 0 Å². The number of nitrogens with zero attached hydrogens (tertiary/aromatic N) is 2. The fourth-order valence-electron chi connectivity index (χ4n) is 4.35. The number of likely N-dealkylation sites (tertiary alicyclic amines) is 1. The van der Waals surface area contributed by atoms with Gasteiger partial charge >= 0.3 is 0 Å². The molecule has 0 radical (unpaired) electrons. The van der Waals surface area contributed by atoms with Gasteiger partial charge in [0.1, 0.15) is 0 Å². The highest BCUT2D eigenvalue weighted by atomic mass is 16.3. The number of hydrogen-bond donors (Lipinski definition) is 2. The molecule has 21 heavy (non-hydrogen) atoms. The van der Waals surface area contributed by atoms with Crippen molar-refractivity contribution in [3.63, 3.8) is 0 Å². The van der Waals surface area contributed by atoms with Gasteiger partial charge in [0.2, 0.25) is 0 Å². The maximum atomic E-state index is 9.93. The molecule has 4 unspecified atom stereocenters. The van der Waals surface area contributed by atoms with Crippen molar-refractivity contribution in [1.82, 2.24) is 15.1 Å². The van der Waals surface area contributed by atoms with Crippen LogP contribution in [0.3, 0.4) is 0 Å². The summed E-state index contributed by atoms with van der Waals surface area (Å²) in [6, 6.07) is 1.32. The van der Waals surface area contributed by atoms with Gasteiger partial charge in [0.25, 0.3) is 0 Å². The van der Waals surface area contributed by atoms with E-state index in [1.807, 2.05) is 0 Å². The fourth-order valence-corrected chi connectivity index (χ4v) is 4.35. The van der Waals surface area contributed by atoms with Gasteiger partial charge in [-0.2, -0.15) is 0 Å². The zero-order chi connectivity index (χ0) is 15.5. The molecule has 1 heterocycles. The maximum absolute atomic E-state index is 9.93. The van der Waals surface area contributed by atoms with Crippen LogP contribution in [0.25, 0.3) is 0 Å². The largest absolute Gasteiger partial charge is 0.394 e. The zero-order valence-corrected chi connectivity index (χ0v) is 14.4. The normalized spacial score (nSPS) is 38.3. The average Bonchev–Trinajstić information content (AvgIpc) is 2.88. The third kappa shape index (κ3) is 3.98. The lowest BCUT2D eigenvalue weighted by Crippen LogP contribution is -2.56. The Kier molecular flexibility index (Phi) is 6.06. The first kappa shape index (κ1) is 17.2. The molecule has 0 bridgehead atoms. The molecule has 0 amide bonds. The van der Waals surface area contributed by atoms with Gasteiger partial charge in [0.05, 0.1) is 6.61 Å². The van der Waals surface area contributed by atoms with Gasteiger partial charge in [-0.05, 0) is 58.7 Å². The number of aliphatic hydroxyl groups is 1. The predicted octanol–water partition coefficient (Wildman–Crippen LogP) is 1.54. The van der Waals surface area contributed by atoms with Crippen LogP contribution in [0.4, 0.5) is 0 Å². The van der Waals surface area contributed by atoms with Crippen molar-refractivity contribution in [1.29, 1.82) is 0 Å². The third-order valence-electron chi connectivity index (χ3n) is 5.65. The molecule has 2 N–H and O–H groups in total. The minimum Gasteiger partial charge on any atom is -0.394 e. The second-order valence-corrected chi connectivity index (χ2v) is 7.58. The lowest BCUT2D eigenvalue weighted by Gasteiger charge is -2.43. The second-order valence-electron chi connectivity index (χ2n) is 7.58. The smallest absolute Gasteiger partial charge is 0.0613 e. The van der Waals surface area contributed by atoms with Crippen LogP contribution in [-0.2, 0) is 0 Å². The van der Waals surface area contributed by atoms with Crippen molar-refractivity contribution in [3.8, 4) is 0 Å². The number of aliphatic hydroxyl groups excluding tert-OH is 1. The van der Waals surface area contributed by atoms with Gasteiger partial charge in [-0.25, -0.2) is 0 Å². The van der Waals surface area contributed by atoms with Crippen LogP contribution in [-0.4, -0.2) is 72.9 Å². The number of rotatable bonds is 6. The van der Waals surface area contributed by atoms with Crippen molar-refractivity contribution in [2.24, 2.45) is 5.92 Å². The Hall–Kier alpha value is -0.160.